The van der Waals surface area contributed by atoms with Crippen LogP contribution >= 0.6 is 46.8 Å². The van der Waals surface area contributed by atoms with Gasteiger partial charge in [-0.25, -0.2) is 4.98 Å². The molecule has 2 aromatic carbocycles. The fraction of sp³-hybridized carbons (Fsp3) is 0. The number of halogens is 2. The average Bonchev–Trinajstić information content (AvgIpc) is 2.79. The van der Waals surface area contributed by atoms with Crippen LogP contribution in [0.4, 0.5) is 10.8 Å². The molecule has 0 amide bonds. The van der Waals surface area contributed by atoms with Crippen LogP contribution < -0.4 is 11.1 Å². The van der Waals surface area contributed by atoms with Crippen molar-refractivity contribution in [2.24, 2.45) is 5.73 Å². The molecule has 0 aliphatic heterocycles. The Kier molecular flexibility index (Phi) is 3.99. The largest absolute Gasteiger partial charge is 0.389 e. The summed E-state index contributed by atoms with van der Waals surface area (Å²) < 4.78 is 1.00. The van der Waals surface area contributed by atoms with Gasteiger partial charge < -0.3 is 11.1 Å². The summed E-state index contributed by atoms with van der Waals surface area (Å²) in [5, 5.41) is 5.14. The zero-order valence-electron chi connectivity index (χ0n) is 10.6. The van der Waals surface area contributed by atoms with Gasteiger partial charge in [0, 0.05) is 5.02 Å². The van der Waals surface area contributed by atoms with Gasteiger partial charge in [-0.1, -0.05) is 52.8 Å². The molecule has 0 bridgehead atoms. The molecule has 0 aliphatic carbocycles. The topological polar surface area (TPSA) is 50.9 Å². The molecule has 21 heavy (non-hydrogen) atoms. The molecule has 3 aromatic rings. The number of thiocarbonyl (C=S) groups is 1. The van der Waals surface area contributed by atoms with Crippen molar-refractivity contribution in [1.82, 2.24) is 4.98 Å². The second-order valence-corrected chi connectivity index (χ2v) is 6.60. The van der Waals surface area contributed by atoms with Crippen LogP contribution in [0.2, 0.25) is 10.0 Å². The molecule has 1 heterocycles. The molecule has 3 nitrogen and oxygen atoms in total. The molecular formula is C14H9Cl2N3S2. The van der Waals surface area contributed by atoms with E-state index in [-0.39, 0.29) is 4.99 Å². The molecule has 3 rings (SSSR count). The highest BCUT2D eigenvalue weighted by molar-refractivity contribution is 7.80. The van der Waals surface area contributed by atoms with Crippen LogP contribution in [-0.2, 0) is 0 Å². The summed E-state index contributed by atoms with van der Waals surface area (Å²) in [6.45, 7) is 0. The first-order chi connectivity index (χ1) is 10.0. The van der Waals surface area contributed by atoms with E-state index in [0.717, 1.165) is 21.0 Å². The number of rotatable bonds is 3. The van der Waals surface area contributed by atoms with E-state index in [9.17, 15) is 0 Å². The van der Waals surface area contributed by atoms with Crippen molar-refractivity contribution in [1.29, 1.82) is 0 Å². The Bertz CT molecular complexity index is 845. The van der Waals surface area contributed by atoms with Gasteiger partial charge in [-0.2, -0.15) is 0 Å². The third-order valence-electron chi connectivity index (χ3n) is 2.85. The number of anilines is 2. The second-order valence-electron chi connectivity index (χ2n) is 4.28. The normalized spacial score (nSPS) is 10.8. The fourth-order valence-electron chi connectivity index (χ4n) is 1.95. The van der Waals surface area contributed by atoms with Crippen LogP contribution in [0.5, 0.6) is 0 Å². The van der Waals surface area contributed by atoms with Gasteiger partial charge in [0.15, 0.2) is 5.13 Å². The quantitative estimate of drug-likeness (QED) is 0.651. The van der Waals surface area contributed by atoms with E-state index >= 15 is 0 Å². The number of nitrogens with one attached hydrogen (secondary N) is 1. The van der Waals surface area contributed by atoms with E-state index in [1.165, 1.54) is 11.3 Å². The number of benzene rings is 2. The Morgan fingerprint density at radius 1 is 1.24 bits per heavy atom. The Morgan fingerprint density at radius 2 is 2.05 bits per heavy atom. The number of fused-ring (bicyclic) bond motifs is 1. The number of thiazole rings is 1. The highest BCUT2D eigenvalue weighted by Crippen LogP contribution is 2.32. The van der Waals surface area contributed by atoms with Crippen LogP contribution in [0.3, 0.4) is 0 Å². The number of hydrogen-bond donors (Lipinski definition) is 2. The maximum absolute atomic E-state index is 6.15. The standard InChI is InChI=1S/C14H9Cl2N3S2/c15-7-4-5-9-11(6-7)21-14(18-9)19-10-3-1-2-8(16)12(10)13(17)20/h1-6H,(H2,17,20)(H,18,19). The molecule has 0 fully saturated rings. The minimum absolute atomic E-state index is 0.243. The lowest BCUT2D eigenvalue weighted by molar-refractivity contribution is 1.44. The summed E-state index contributed by atoms with van der Waals surface area (Å²) in [5.41, 5.74) is 7.97. The first-order valence-electron chi connectivity index (χ1n) is 5.96. The van der Waals surface area contributed by atoms with Gasteiger partial charge >= 0.3 is 0 Å². The first kappa shape index (κ1) is 14.5. The Hall–Kier alpha value is -1.40. The molecule has 0 unspecified atom stereocenters. The minimum atomic E-state index is 0.243. The Balaban J connectivity index is 2.02. The van der Waals surface area contributed by atoms with Crippen LogP contribution in [0.25, 0.3) is 10.2 Å². The van der Waals surface area contributed by atoms with Gasteiger partial charge in [0.05, 0.1) is 26.5 Å². The Morgan fingerprint density at radius 3 is 2.81 bits per heavy atom. The van der Waals surface area contributed by atoms with Crippen molar-refractivity contribution < 1.29 is 0 Å². The molecule has 0 radical (unpaired) electrons. The van der Waals surface area contributed by atoms with Crippen molar-refractivity contribution in [3.8, 4) is 0 Å². The first-order valence-corrected chi connectivity index (χ1v) is 7.94. The van der Waals surface area contributed by atoms with Gasteiger partial charge in [-0.15, -0.1) is 0 Å². The molecule has 0 spiro atoms. The number of nitrogens with two attached hydrogens (primary N) is 1. The van der Waals surface area contributed by atoms with Crippen molar-refractivity contribution >= 4 is 72.8 Å². The Labute approximate surface area is 140 Å². The van der Waals surface area contributed by atoms with Crippen molar-refractivity contribution in [2.75, 3.05) is 5.32 Å². The molecule has 0 atom stereocenters. The molecule has 0 saturated carbocycles. The second kappa shape index (κ2) is 5.77. The molecular weight excluding hydrogens is 345 g/mol. The van der Waals surface area contributed by atoms with Gasteiger partial charge in [0.25, 0.3) is 0 Å². The summed E-state index contributed by atoms with van der Waals surface area (Å²) in [6.07, 6.45) is 0. The summed E-state index contributed by atoms with van der Waals surface area (Å²) in [5.74, 6) is 0. The van der Waals surface area contributed by atoms with Crippen LogP contribution in [-0.4, -0.2) is 9.97 Å². The van der Waals surface area contributed by atoms with Crippen molar-refractivity contribution in [3.05, 3.63) is 52.0 Å². The monoisotopic (exact) mass is 353 g/mol. The van der Waals surface area contributed by atoms with E-state index in [0.29, 0.717) is 15.6 Å². The van der Waals surface area contributed by atoms with E-state index in [1.807, 2.05) is 30.3 Å². The number of nitrogens with zero attached hydrogens (tertiary/aromatic N) is 1. The average molecular weight is 354 g/mol. The molecule has 106 valence electrons. The highest BCUT2D eigenvalue weighted by atomic mass is 35.5. The summed E-state index contributed by atoms with van der Waals surface area (Å²) in [6, 6.07) is 11.0. The summed E-state index contributed by atoms with van der Waals surface area (Å²) in [7, 11) is 0. The maximum Gasteiger partial charge on any atom is 0.188 e. The summed E-state index contributed by atoms with van der Waals surface area (Å²) in [4.78, 5) is 4.74. The highest BCUT2D eigenvalue weighted by Gasteiger charge is 2.12. The lowest BCUT2D eigenvalue weighted by atomic mass is 10.2. The van der Waals surface area contributed by atoms with E-state index < -0.39 is 0 Å². The van der Waals surface area contributed by atoms with Crippen molar-refractivity contribution in [2.45, 2.75) is 0 Å². The fourth-order valence-corrected chi connectivity index (χ4v) is 3.65. The van der Waals surface area contributed by atoms with E-state index in [4.69, 9.17) is 41.2 Å². The van der Waals surface area contributed by atoms with Crippen LogP contribution in [0.15, 0.2) is 36.4 Å². The SMILES string of the molecule is NC(=S)c1c(Cl)cccc1Nc1nc2ccc(Cl)cc2s1. The smallest absolute Gasteiger partial charge is 0.188 e. The molecule has 1 aromatic heterocycles. The maximum atomic E-state index is 6.15. The third-order valence-corrected chi connectivity index (χ3v) is 4.54. The van der Waals surface area contributed by atoms with Crippen molar-refractivity contribution in [3.63, 3.8) is 0 Å². The van der Waals surface area contributed by atoms with Gasteiger partial charge in [0.2, 0.25) is 0 Å². The predicted octanol–water partition coefficient (Wildman–Crippen LogP) is 4.98. The molecule has 3 N–H and O–H groups in total. The van der Waals surface area contributed by atoms with Crippen LogP contribution in [0, 0.1) is 0 Å². The summed E-state index contributed by atoms with van der Waals surface area (Å²) >= 11 is 18.7. The molecule has 0 saturated heterocycles. The van der Waals surface area contributed by atoms with E-state index in [2.05, 4.69) is 10.3 Å². The number of hydrogen-bond acceptors (Lipinski definition) is 4. The number of aromatic nitrogens is 1. The van der Waals surface area contributed by atoms with E-state index in [1.54, 1.807) is 6.07 Å². The zero-order valence-corrected chi connectivity index (χ0v) is 13.7. The van der Waals surface area contributed by atoms with Gasteiger partial charge in [-0.05, 0) is 30.3 Å². The van der Waals surface area contributed by atoms with Gasteiger partial charge in [0.1, 0.15) is 4.99 Å². The molecule has 0 aliphatic rings. The van der Waals surface area contributed by atoms with Gasteiger partial charge in [-0.3, -0.25) is 0 Å². The molecule has 7 heteroatoms. The third kappa shape index (κ3) is 2.96. The van der Waals surface area contributed by atoms with Crippen LogP contribution in [0.1, 0.15) is 5.56 Å². The lowest BCUT2D eigenvalue weighted by Gasteiger charge is -2.10. The predicted molar refractivity (Wildman–Crippen MR) is 95.3 cm³/mol. The zero-order chi connectivity index (χ0) is 15.0. The minimum Gasteiger partial charge on any atom is -0.389 e. The lowest BCUT2D eigenvalue weighted by Crippen LogP contribution is -2.12.